The van der Waals surface area contributed by atoms with Crippen molar-refractivity contribution < 1.29 is 9.90 Å². The number of aromatic amines is 1. The van der Waals surface area contributed by atoms with Crippen LogP contribution in [0.2, 0.25) is 0 Å². The maximum Gasteiger partial charge on any atom is 0.251 e. The molecular weight excluding hydrogens is 260 g/mol. The van der Waals surface area contributed by atoms with E-state index >= 15 is 0 Å². The van der Waals surface area contributed by atoms with Gasteiger partial charge in [0.2, 0.25) is 0 Å². The molecule has 2 aromatic rings. The SMILES string of the molecule is CSC[C@@H](CCO)NC(=O)c1ccc2[nH]ccc2c1. The molecule has 0 bridgehead atoms. The summed E-state index contributed by atoms with van der Waals surface area (Å²) in [6.45, 7) is 0.0857. The quantitative estimate of drug-likeness (QED) is 0.757. The van der Waals surface area contributed by atoms with E-state index in [1.807, 2.05) is 36.7 Å². The zero-order valence-electron chi connectivity index (χ0n) is 10.8. The van der Waals surface area contributed by atoms with Crippen LogP contribution in [0.3, 0.4) is 0 Å². The minimum atomic E-state index is -0.0874. The Morgan fingerprint density at radius 2 is 2.32 bits per heavy atom. The fourth-order valence-corrected chi connectivity index (χ4v) is 2.67. The lowest BCUT2D eigenvalue weighted by Gasteiger charge is -2.16. The number of benzene rings is 1. The third-order valence-electron chi connectivity index (χ3n) is 3.00. The van der Waals surface area contributed by atoms with E-state index in [0.717, 1.165) is 16.7 Å². The average molecular weight is 278 g/mol. The molecule has 0 fully saturated rings. The molecule has 4 nitrogen and oxygen atoms in total. The van der Waals surface area contributed by atoms with Crippen molar-refractivity contribution in [2.75, 3.05) is 18.6 Å². The molecule has 0 aliphatic carbocycles. The molecule has 0 saturated heterocycles. The molecule has 1 amide bonds. The molecule has 0 unspecified atom stereocenters. The molecule has 1 heterocycles. The average Bonchev–Trinajstić information content (AvgIpc) is 2.86. The van der Waals surface area contributed by atoms with Gasteiger partial charge in [0, 0.05) is 41.1 Å². The summed E-state index contributed by atoms with van der Waals surface area (Å²) in [5.41, 5.74) is 1.67. The van der Waals surface area contributed by atoms with Crippen LogP contribution in [-0.2, 0) is 0 Å². The van der Waals surface area contributed by atoms with Gasteiger partial charge in [0.25, 0.3) is 5.91 Å². The lowest BCUT2D eigenvalue weighted by Crippen LogP contribution is -2.37. The van der Waals surface area contributed by atoms with Crippen molar-refractivity contribution in [1.82, 2.24) is 10.3 Å². The first-order valence-corrected chi connectivity index (χ1v) is 7.62. The monoisotopic (exact) mass is 278 g/mol. The number of nitrogens with one attached hydrogen (secondary N) is 2. The Morgan fingerprint density at radius 3 is 3.05 bits per heavy atom. The van der Waals surface area contributed by atoms with Gasteiger partial charge in [-0.2, -0.15) is 11.8 Å². The summed E-state index contributed by atoms with van der Waals surface area (Å²) in [7, 11) is 0. The fraction of sp³-hybridized carbons (Fsp3) is 0.357. The van der Waals surface area contributed by atoms with Crippen LogP contribution in [0.15, 0.2) is 30.5 Å². The van der Waals surface area contributed by atoms with Crippen molar-refractivity contribution in [3.05, 3.63) is 36.0 Å². The standard InChI is InChI=1S/C14H18N2O2S/c1-19-9-12(5-7-17)16-14(18)11-2-3-13-10(8-11)4-6-15-13/h2-4,6,8,12,15,17H,5,7,9H2,1H3,(H,16,18)/t12-/m1/s1. The van der Waals surface area contributed by atoms with Gasteiger partial charge in [-0.15, -0.1) is 0 Å². The summed E-state index contributed by atoms with van der Waals surface area (Å²) in [5.74, 6) is 0.717. The second kappa shape index (κ2) is 6.63. The molecular formula is C14H18N2O2S. The number of hydrogen-bond acceptors (Lipinski definition) is 3. The number of H-pyrrole nitrogens is 1. The molecule has 0 aliphatic rings. The molecule has 3 N–H and O–H groups in total. The Hall–Kier alpha value is -1.46. The molecule has 0 spiro atoms. The Labute approximate surface area is 116 Å². The number of aliphatic hydroxyl groups is 1. The van der Waals surface area contributed by atoms with E-state index in [1.165, 1.54) is 0 Å². The number of aliphatic hydroxyl groups excluding tert-OH is 1. The van der Waals surface area contributed by atoms with E-state index in [1.54, 1.807) is 11.8 Å². The highest BCUT2D eigenvalue weighted by atomic mass is 32.2. The Bertz CT molecular complexity index is 547. The molecule has 0 saturated carbocycles. The maximum atomic E-state index is 12.2. The van der Waals surface area contributed by atoms with E-state index < -0.39 is 0 Å². The molecule has 0 radical (unpaired) electrons. The maximum absolute atomic E-state index is 12.2. The molecule has 102 valence electrons. The summed E-state index contributed by atoms with van der Waals surface area (Å²) >= 11 is 1.66. The third kappa shape index (κ3) is 3.52. The number of fused-ring (bicyclic) bond motifs is 1. The van der Waals surface area contributed by atoms with Gasteiger partial charge in [-0.05, 0) is 36.9 Å². The summed E-state index contributed by atoms with van der Waals surface area (Å²) in [5, 5.41) is 13.0. The zero-order valence-corrected chi connectivity index (χ0v) is 11.7. The molecule has 1 aromatic carbocycles. The van der Waals surface area contributed by atoms with Gasteiger partial charge in [-0.3, -0.25) is 4.79 Å². The van der Waals surface area contributed by atoms with Crippen molar-refractivity contribution in [1.29, 1.82) is 0 Å². The number of carbonyl (C=O) groups excluding carboxylic acids is 1. The van der Waals surface area contributed by atoms with Crippen molar-refractivity contribution in [3.63, 3.8) is 0 Å². The normalized spacial score (nSPS) is 12.5. The van der Waals surface area contributed by atoms with Crippen molar-refractivity contribution in [3.8, 4) is 0 Å². The van der Waals surface area contributed by atoms with E-state index in [2.05, 4.69) is 10.3 Å². The summed E-state index contributed by atoms with van der Waals surface area (Å²) < 4.78 is 0. The number of carbonyl (C=O) groups is 1. The van der Waals surface area contributed by atoms with Gasteiger partial charge in [0.05, 0.1) is 0 Å². The van der Waals surface area contributed by atoms with Crippen LogP contribution in [0.1, 0.15) is 16.8 Å². The Balaban J connectivity index is 2.09. The number of thioether (sulfide) groups is 1. The highest BCUT2D eigenvalue weighted by Gasteiger charge is 2.13. The largest absolute Gasteiger partial charge is 0.396 e. The molecule has 1 aromatic heterocycles. The second-order valence-electron chi connectivity index (χ2n) is 4.42. The first kappa shape index (κ1) is 14.0. The van der Waals surface area contributed by atoms with Gasteiger partial charge >= 0.3 is 0 Å². The molecule has 5 heteroatoms. The van der Waals surface area contributed by atoms with Crippen LogP contribution in [-0.4, -0.2) is 40.7 Å². The topological polar surface area (TPSA) is 65.1 Å². The Morgan fingerprint density at radius 1 is 1.47 bits per heavy atom. The van der Waals surface area contributed by atoms with Gasteiger partial charge in [0.1, 0.15) is 0 Å². The van der Waals surface area contributed by atoms with Crippen LogP contribution in [0, 0.1) is 0 Å². The molecule has 2 rings (SSSR count). The lowest BCUT2D eigenvalue weighted by atomic mass is 10.1. The smallest absolute Gasteiger partial charge is 0.251 e. The predicted octanol–water partition coefficient (Wildman–Crippen LogP) is 2.01. The van der Waals surface area contributed by atoms with E-state index in [9.17, 15) is 4.79 Å². The minimum Gasteiger partial charge on any atom is -0.396 e. The van der Waals surface area contributed by atoms with E-state index in [-0.39, 0.29) is 18.6 Å². The zero-order chi connectivity index (χ0) is 13.7. The molecule has 1 atom stereocenters. The molecule has 19 heavy (non-hydrogen) atoms. The summed E-state index contributed by atoms with van der Waals surface area (Å²) in [6.07, 6.45) is 4.43. The van der Waals surface area contributed by atoms with Crippen LogP contribution in [0.5, 0.6) is 0 Å². The number of amides is 1. The van der Waals surface area contributed by atoms with Crippen LogP contribution in [0.25, 0.3) is 10.9 Å². The predicted molar refractivity (Wildman–Crippen MR) is 79.6 cm³/mol. The fourth-order valence-electron chi connectivity index (χ4n) is 2.02. The lowest BCUT2D eigenvalue weighted by molar-refractivity contribution is 0.0935. The van der Waals surface area contributed by atoms with Crippen molar-refractivity contribution in [2.24, 2.45) is 0 Å². The van der Waals surface area contributed by atoms with Crippen molar-refractivity contribution in [2.45, 2.75) is 12.5 Å². The van der Waals surface area contributed by atoms with Gasteiger partial charge in [-0.1, -0.05) is 0 Å². The number of rotatable bonds is 6. The number of hydrogen-bond donors (Lipinski definition) is 3. The van der Waals surface area contributed by atoms with Crippen molar-refractivity contribution >= 4 is 28.6 Å². The molecule has 0 aliphatic heterocycles. The third-order valence-corrected chi connectivity index (χ3v) is 3.73. The highest BCUT2D eigenvalue weighted by Crippen LogP contribution is 2.14. The van der Waals surface area contributed by atoms with Gasteiger partial charge in [0.15, 0.2) is 0 Å². The minimum absolute atomic E-state index is 0.00872. The Kier molecular flexibility index (Phi) is 4.87. The first-order valence-electron chi connectivity index (χ1n) is 6.22. The second-order valence-corrected chi connectivity index (χ2v) is 5.33. The highest BCUT2D eigenvalue weighted by molar-refractivity contribution is 7.98. The van der Waals surface area contributed by atoms with Crippen LogP contribution in [0.4, 0.5) is 0 Å². The summed E-state index contributed by atoms with van der Waals surface area (Å²) in [4.78, 5) is 15.3. The van der Waals surface area contributed by atoms with E-state index in [4.69, 9.17) is 5.11 Å². The summed E-state index contributed by atoms with van der Waals surface area (Å²) in [6, 6.07) is 7.54. The van der Waals surface area contributed by atoms with Gasteiger partial charge < -0.3 is 15.4 Å². The van der Waals surface area contributed by atoms with Crippen LogP contribution < -0.4 is 5.32 Å². The van der Waals surface area contributed by atoms with Crippen LogP contribution >= 0.6 is 11.8 Å². The first-order chi connectivity index (χ1) is 9.24. The van der Waals surface area contributed by atoms with Gasteiger partial charge in [-0.25, -0.2) is 0 Å². The van der Waals surface area contributed by atoms with E-state index in [0.29, 0.717) is 12.0 Å². The number of aromatic nitrogens is 1.